The quantitative estimate of drug-likeness (QED) is 0.836. The smallest absolute Gasteiger partial charge is 0.157 e. The predicted molar refractivity (Wildman–Crippen MR) is 92.2 cm³/mol. The summed E-state index contributed by atoms with van der Waals surface area (Å²) >= 11 is 0. The molecule has 0 amide bonds. The van der Waals surface area contributed by atoms with Gasteiger partial charge in [0.2, 0.25) is 0 Å². The Bertz CT molecular complexity index is 482. The molecule has 0 spiro atoms. The highest BCUT2D eigenvalue weighted by Crippen LogP contribution is 2.32. The highest BCUT2D eigenvalue weighted by atomic mass is 15.2. The van der Waals surface area contributed by atoms with Gasteiger partial charge in [0.25, 0.3) is 0 Å². The summed E-state index contributed by atoms with van der Waals surface area (Å²) in [7, 11) is 0. The Balaban J connectivity index is 1.76. The molecular formula is C17H29N5. The summed E-state index contributed by atoms with van der Waals surface area (Å²) in [5, 5.41) is 3.58. The van der Waals surface area contributed by atoms with Crippen LogP contribution in [0.4, 0.5) is 17.3 Å². The van der Waals surface area contributed by atoms with Gasteiger partial charge >= 0.3 is 0 Å². The lowest BCUT2D eigenvalue weighted by molar-refractivity contribution is 0.481. The van der Waals surface area contributed by atoms with E-state index in [2.05, 4.69) is 27.1 Å². The molecule has 0 radical (unpaired) electrons. The Hall–Kier alpha value is -1.52. The van der Waals surface area contributed by atoms with Crippen molar-refractivity contribution in [1.82, 2.24) is 9.97 Å². The zero-order valence-corrected chi connectivity index (χ0v) is 13.7. The topological polar surface area (TPSA) is 67.1 Å². The average Bonchev–Trinajstić information content (AvgIpc) is 2.79. The number of nitrogens with one attached hydrogen (secondary N) is 1. The molecule has 3 rings (SSSR count). The number of hydrogen-bond donors (Lipinski definition) is 2. The highest BCUT2D eigenvalue weighted by molar-refractivity contribution is 5.75. The average molecular weight is 303 g/mol. The minimum absolute atomic E-state index is 0.506. The van der Waals surface area contributed by atoms with Gasteiger partial charge in [-0.1, -0.05) is 25.7 Å². The van der Waals surface area contributed by atoms with Crippen molar-refractivity contribution in [2.75, 3.05) is 22.5 Å². The lowest BCUT2D eigenvalue weighted by Gasteiger charge is -2.35. The number of rotatable bonds is 3. The van der Waals surface area contributed by atoms with E-state index >= 15 is 0 Å². The molecule has 5 nitrogen and oxygen atoms in total. The van der Waals surface area contributed by atoms with Crippen LogP contribution in [0.5, 0.6) is 0 Å². The Morgan fingerprint density at radius 3 is 2.50 bits per heavy atom. The molecule has 0 aromatic carbocycles. The molecule has 0 bridgehead atoms. The van der Waals surface area contributed by atoms with Gasteiger partial charge in [-0.25, -0.2) is 9.97 Å². The second kappa shape index (κ2) is 7.16. The van der Waals surface area contributed by atoms with E-state index in [-0.39, 0.29) is 0 Å². The van der Waals surface area contributed by atoms with Crippen molar-refractivity contribution in [1.29, 1.82) is 0 Å². The van der Waals surface area contributed by atoms with Crippen LogP contribution < -0.4 is 16.0 Å². The maximum Gasteiger partial charge on any atom is 0.157 e. The van der Waals surface area contributed by atoms with E-state index in [1.54, 1.807) is 6.33 Å². The minimum atomic E-state index is 0.506. The third-order valence-electron chi connectivity index (χ3n) is 5.13. The molecule has 122 valence electrons. The lowest BCUT2D eigenvalue weighted by atomic mass is 10.0. The molecule has 1 atom stereocenters. The second-order valence-electron chi connectivity index (χ2n) is 6.83. The Kier molecular flexibility index (Phi) is 5.01. The molecule has 1 aliphatic heterocycles. The largest absolute Gasteiger partial charge is 0.393 e. The first kappa shape index (κ1) is 15.4. The second-order valence-corrected chi connectivity index (χ2v) is 6.83. The van der Waals surface area contributed by atoms with E-state index in [9.17, 15) is 0 Å². The standard InChI is InChI=1S/C17H29N5/c1-13-8-6-7-11-22(13)17-15(18)16(19-12-20-17)21-14-9-4-2-3-5-10-14/h12-14H,2-11,18H2,1H3,(H,19,20,21). The molecule has 3 N–H and O–H groups in total. The number of nitrogens with two attached hydrogens (primary N) is 1. The van der Waals surface area contributed by atoms with Crippen molar-refractivity contribution >= 4 is 17.3 Å². The minimum Gasteiger partial charge on any atom is -0.393 e. The van der Waals surface area contributed by atoms with Crippen molar-refractivity contribution in [2.24, 2.45) is 0 Å². The maximum atomic E-state index is 6.40. The normalized spacial score (nSPS) is 24.0. The molecule has 1 saturated carbocycles. The van der Waals surface area contributed by atoms with Crippen molar-refractivity contribution in [3.63, 3.8) is 0 Å². The maximum absolute atomic E-state index is 6.40. The summed E-state index contributed by atoms with van der Waals surface area (Å²) in [5.41, 5.74) is 7.13. The summed E-state index contributed by atoms with van der Waals surface area (Å²) in [6.07, 6.45) is 13.2. The molecule has 1 aliphatic carbocycles. The highest BCUT2D eigenvalue weighted by Gasteiger charge is 2.23. The van der Waals surface area contributed by atoms with Crippen LogP contribution in [0.15, 0.2) is 6.33 Å². The summed E-state index contributed by atoms with van der Waals surface area (Å²) < 4.78 is 0. The third kappa shape index (κ3) is 3.45. The van der Waals surface area contributed by atoms with Gasteiger partial charge in [-0.05, 0) is 39.0 Å². The molecule has 1 aromatic rings. The molecule has 2 fully saturated rings. The van der Waals surface area contributed by atoms with Crippen molar-refractivity contribution < 1.29 is 0 Å². The summed E-state index contributed by atoms with van der Waals surface area (Å²) in [6.45, 7) is 3.31. The van der Waals surface area contributed by atoms with Gasteiger partial charge in [-0.2, -0.15) is 0 Å². The van der Waals surface area contributed by atoms with Crippen LogP contribution in [0.3, 0.4) is 0 Å². The van der Waals surface area contributed by atoms with Crippen LogP contribution in [-0.2, 0) is 0 Å². The van der Waals surface area contributed by atoms with Crippen LogP contribution >= 0.6 is 0 Å². The van der Waals surface area contributed by atoms with Gasteiger partial charge in [0.05, 0.1) is 0 Å². The summed E-state index contributed by atoms with van der Waals surface area (Å²) in [6, 6.07) is 1.02. The fraction of sp³-hybridized carbons (Fsp3) is 0.765. The van der Waals surface area contributed by atoms with E-state index in [4.69, 9.17) is 5.73 Å². The van der Waals surface area contributed by atoms with Gasteiger partial charge in [-0.3, -0.25) is 0 Å². The monoisotopic (exact) mass is 303 g/mol. The Labute approximate surface area is 133 Å². The fourth-order valence-corrected chi connectivity index (χ4v) is 3.76. The van der Waals surface area contributed by atoms with Crippen molar-refractivity contribution in [3.05, 3.63) is 6.33 Å². The number of hydrogen-bond acceptors (Lipinski definition) is 5. The van der Waals surface area contributed by atoms with E-state index < -0.39 is 0 Å². The third-order valence-corrected chi connectivity index (χ3v) is 5.13. The number of piperidine rings is 1. The molecule has 1 aromatic heterocycles. The fourth-order valence-electron chi connectivity index (χ4n) is 3.76. The van der Waals surface area contributed by atoms with Gasteiger partial charge in [-0.15, -0.1) is 0 Å². The molecular weight excluding hydrogens is 274 g/mol. The van der Waals surface area contributed by atoms with Crippen LogP contribution in [-0.4, -0.2) is 28.6 Å². The molecule has 22 heavy (non-hydrogen) atoms. The SMILES string of the molecule is CC1CCCCN1c1ncnc(NC2CCCCCC2)c1N. The van der Waals surface area contributed by atoms with E-state index in [1.807, 2.05) is 0 Å². The molecule has 2 heterocycles. The molecule has 2 aliphatic rings. The van der Waals surface area contributed by atoms with Crippen LogP contribution in [0.2, 0.25) is 0 Å². The molecule has 5 heteroatoms. The lowest BCUT2D eigenvalue weighted by Crippen LogP contribution is -2.38. The summed E-state index contributed by atoms with van der Waals surface area (Å²) in [5.74, 6) is 1.74. The van der Waals surface area contributed by atoms with Crippen molar-refractivity contribution in [3.8, 4) is 0 Å². The predicted octanol–water partition coefficient (Wildman–Crippen LogP) is 3.57. The zero-order chi connectivity index (χ0) is 15.4. The van der Waals surface area contributed by atoms with Gasteiger partial charge in [0.15, 0.2) is 11.6 Å². The number of nitrogen functional groups attached to an aromatic ring is 1. The van der Waals surface area contributed by atoms with Crippen LogP contribution in [0.25, 0.3) is 0 Å². The first-order valence-corrected chi connectivity index (χ1v) is 8.89. The van der Waals surface area contributed by atoms with Gasteiger partial charge in [0.1, 0.15) is 12.0 Å². The molecule has 1 unspecified atom stereocenters. The number of aromatic nitrogens is 2. The first-order chi connectivity index (χ1) is 10.8. The first-order valence-electron chi connectivity index (χ1n) is 8.89. The Morgan fingerprint density at radius 1 is 1.05 bits per heavy atom. The van der Waals surface area contributed by atoms with E-state index in [0.717, 1.165) is 23.9 Å². The molecule has 1 saturated heterocycles. The number of anilines is 3. The number of nitrogens with zero attached hydrogens (tertiary/aromatic N) is 3. The van der Waals surface area contributed by atoms with Crippen LogP contribution in [0, 0.1) is 0 Å². The summed E-state index contributed by atoms with van der Waals surface area (Å²) in [4.78, 5) is 11.2. The van der Waals surface area contributed by atoms with E-state index in [1.165, 1.54) is 57.8 Å². The van der Waals surface area contributed by atoms with Crippen LogP contribution in [0.1, 0.15) is 64.7 Å². The van der Waals surface area contributed by atoms with Crippen molar-refractivity contribution in [2.45, 2.75) is 76.8 Å². The zero-order valence-electron chi connectivity index (χ0n) is 13.7. The Morgan fingerprint density at radius 2 is 1.77 bits per heavy atom. The van der Waals surface area contributed by atoms with Gasteiger partial charge < -0.3 is 16.0 Å². The van der Waals surface area contributed by atoms with E-state index in [0.29, 0.717) is 12.1 Å². The van der Waals surface area contributed by atoms with Gasteiger partial charge in [0, 0.05) is 18.6 Å².